The van der Waals surface area contributed by atoms with Gasteiger partial charge in [0.2, 0.25) is 5.88 Å². The molecule has 0 aliphatic carbocycles. The van der Waals surface area contributed by atoms with E-state index >= 15 is 0 Å². The molecule has 0 unspecified atom stereocenters. The van der Waals surface area contributed by atoms with Gasteiger partial charge in [0.1, 0.15) is 17.2 Å². The first-order chi connectivity index (χ1) is 12.3. The molecule has 1 aliphatic heterocycles. The molecule has 9 heteroatoms. The van der Waals surface area contributed by atoms with Crippen molar-refractivity contribution in [3.63, 3.8) is 0 Å². The van der Waals surface area contributed by atoms with Gasteiger partial charge in [-0.3, -0.25) is 4.79 Å². The maximum Gasteiger partial charge on any atom is 0.515 e. The zero-order chi connectivity index (χ0) is 19.6. The standard InChI is InChI=1S/C16H25N3O4.CH2O2/c1-5-6-12-17-13(19-7-9-21-10-8-19)11-14(18-12)22-15(20)23-16(2,3)4;2-1-3/h11H,5-10H2,1-4H3;1H,(H,2,3). The Hall–Kier alpha value is -2.42. The zero-order valence-corrected chi connectivity index (χ0v) is 15.7. The Morgan fingerprint density at radius 3 is 2.50 bits per heavy atom. The topological polar surface area (TPSA) is 111 Å². The Morgan fingerprint density at radius 2 is 1.96 bits per heavy atom. The quantitative estimate of drug-likeness (QED) is 0.631. The summed E-state index contributed by atoms with van der Waals surface area (Å²) < 4.78 is 15.8. The summed E-state index contributed by atoms with van der Waals surface area (Å²) >= 11 is 0. The number of nitrogens with zero attached hydrogens (tertiary/aromatic N) is 3. The molecule has 2 heterocycles. The third-order valence-electron chi connectivity index (χ3n) is 3.12. The van der Waals surface area contributed by atoms with Crippen molar-refractivity contribution in [3.8, 4) is 5.88 Å². The van der Waals surface area contributed by atoms with E-state index in [0.29, 0.717) is 19.0 Å². The third kappa shape index (κ3) is 8.11. The summed E-state index contributed by atoms with van der Waals surface area (Å²) in [7, 11) is 0. The average Bonchev–Trinajstić information content (AvgIpc) is 2.54. The molecule has 0 radical (unpaired) electrons. The summed E-state index contributed by atoms with van der Waals surface area (Å²) in [5.74, 6) is 1.64. The SMILES string of the molecule is CCCc1nc(OC(=O)OC(C)(C)C)cc(N2CCOCC2)n1.O=CO. The van der Waals surface area contributed by atoms with Gasteiger partial charge in [-0.05, 0) is 27.2 Å². The maximum atomic E-state index is 11.8. The van der Waals surface area contributed by atoms with E-state index in [-0.39, 0.29) is 12.4 Å². The smallest absolute Gasteiger partial charge is 0.483 e. The van der Waals surface area contributed by atoms with E-state index in [1.807, 2.05) is 0 Å². The summed E-state index contributed by atoms with van der Waals surface area (Å²) in [4.78, 5) is 31.2. The second-order valence-electron chi connectivity index (χ2n) is 6.50. The minimum Gasteiger partial charge on any atom is -0.483 e. The van der Waals surface area contributed by atoms with Crippen LogP contribution in [0.3, 0.4) is 0 Å². The van der Waals surface area contributed by atoms with E-state index in [1.165, 1.54) is 0 Å². The number of anilines is 1. The maximum absolute atomic E-state index is 11.8. The Balaban J connectivity index is 0.00000105. The second-order valence-corrected chi connectivity index (χ2v) is 6.50. The van der Waals surface area contributed by atoms with Crippen LogP contribution in [0.15, 0.2) is 6.07 Å². The highest BCUT2D eigenvalue weighted by molar-refractivity contribution is 5.64. The molecule has 0 bridgehead atoms. The van der Waals surface area contributed by atoms with E-state index < -0.39 is 11.8 Å². The van der Waals surface area contributed by atoms with Crippen LogP contribution in [0.25, 0.3) is 0 Å². The molecule has 0 aromatic carbocycles. The molecule has 0 atom stereocenters. The van der Waals surface area contributed by atoms with E-state index in [0.717, 1.165) is 31.7 Å². The van der Waals surface area contributed by atoms with Gasteiger partial charge in [0.25, 0.3) is 6.47 Å². The van der Waals surface area contributed by atoms with E-state index in [9.17, 15) is 4.79 Å². The van der Waals surface area contributed by atoms with Gasteiger partial charge >= 0.3 is 6.16 Å². The molecule has 0 saturated carbocycles. The van der Waals surface area contributed by atoms with E-state index in [2.05, 4.69) is 21.8 Å². The molecule has 1 N–H and O–H groups in total. The molecule has 2 rings (SSSR count). The van der Waals surface area contributed by atoms with Crippen LogP contribution in [-0.2, 0) is 20.7 Å². The van der Waals surface area contributed by atoms with Crippen molar-refractivity contribution in [1.82, 2.24) is 9.97 Å². The van der Waals surface area contributed by atoms with Crippen LogP contribution >= 0.6 is 0 Å². The van der Waals surface area contributed by atoms with Crippen molar-refractivity contribution < 1.29 is 28.9 Å². The molecule has 1 saturated heterocycles. The average molecular weight is 369 g/mol. The fourth-order valence-electron chi connectivity index (χ4n) is 2.16. The Morgan fingerprint density at radius 1 is 1.35 bits per heavy atom. The van der Waals surface area contributed by atoms with Crippen molar-refractivity contribution in [2.45, 2.75) is 46.1 Å². The molecule has 9 nitrogen and oxygen atoms in total. The molecule has 1 aromatic rings. The fraction of sp³-hybridized carbons (Fsp3) is 0.647. The fourth-order valence-corrected chi connectivity index (χ4v) is 2.16. The Labute approximate surface area is 153 Å². The number of hydrogen-bond acceptors (Lipinski definition) is 8. The number of morpholine rings is 1. The summed E-state index contributed by atoms with van der Waals surface area (Å²) in [6, 6.07) is 1.67. The van der Waals surface area contributed by atoms with Gasteiger partial charge in [0.05, 0.1) is 13.2 Å². The zero-order valence-electron chi connectivity index (χ0n) is 15.7. The lowest BCUT2D eigenvalue weighted by atomic mass is 10.2. The second kappa shape index (κ2) is 10.5. The van der Waals surface area contributed by atoms with E-state index in [4.69, 9.17) is 24.1 Å². The predicted octanol–water partition coefficient (Wildman–Crippen LogP) is 2.28. The van der Waals surface area contributed by atoms with Crippen LogP contribution in [0.1, 0.15) is 39.9 Å². The first-order valence-electron chi connectivity index (χ1n) is 8.48. The van der Waals surface area contributed by atoms with Gasteiger partial charge in [0.15, 0.2) is 0 Å². The number of hydrogen-bond donors (Lipinski definition) is 1. The number of aryl methyl sites for hydroxylation is 1. The lowest BCUT2D eigenvalue weighted by Gasteiger charge is -2.28. The lowest BCUT2D eigenvalue weighted by Crippen LogP contribution is -2.37. The summed E-state index contributed by atoms with van der Waals surface area (Å²) in [6.07, 6.45) is 0.882. The molecule has 0 amide bonds. The summed E-state index contributed by atoms with van der Waals surface area (Å²) in [5.41, 5.74) is -0.608. The van der Waals surface area contributed by atoms with Gasteiger partial charge in [-0.15, -0.1) is 0 Å². The largest absolute Gasteiger partial charge is 0.515 e. The van der Waals surface area contributed by atoms with E-state index in [1.54, 1.807) is 26.8 Å². The predicted molar refractivity (Wildman–Crippen MR) is 94.6 cm³/mol. The van der Waals surface area contributed by atoms with Crippen LogP contribution in [0.4, 0.5) is 10.6 Å². The van der Waals surface area contributed by atoms with Gasteiger partial charge in [0, 0.05) is 25.6 Å². The number of rotatable bonds is 4. The number of carboxylic acid groups (broad SMARTS) is 1. The molecule has 0 spiro atoms. The van der Waals surface area contributed by atoms with Crippen LogP contribution in [0.2, 0.25) is 0 Å². The normalized spacial score (nSPS) is 14.1. The molecule has 26 heavy (non-hydrogen) atoms. The van der Waals surface area contributed by atoms with Crippen molar-refractivity contribution in [3.05, 3.63) is 11.9 Å². The van der Waals surface area contributed by atoms with Gasteiger partial charge in [-0.25, -0.2) is 9.78 Å². The summed E-state index contributed by atoms with van der Waals surface area (Å²) in [5, 5.41) is 6.89. The van der Waals surface area contributed by atoms with Gasteiger partial charge in [-0.2, -0.15) is 4.98 Å². The van der Waals surface area contributed by atoms with Gasteiger partial charge in [-0.1, -0.05) is 6.92 Å². The van der Waals surface area contributed by atoms with Crippen LogP contribution in [-0.4, -0.2) is 59.6 Å². The minimum atomic E-state index is -0.758. The molecule has 1 aliphatic rings. The highest BCUT2D eigenvalue weighted by Crippen LogP contribution is 2.20. The monoisotopic (exact) mass is 369 g/mol. The Kier molecular flexibility index (Phi) is 8.77. The molecular formula is C17H27N3O6. The van der Waals surface area contributed by atoms with Crippen molar-refractivity contribution in [1.29, 1.82) is 0 Å². The number of carbonyl (C=O) groups is 2. The van der Waals surface area contributed by atoms with Gasteiger partial charge < -0.3 is 24.2 Å². The first-order valence-corrected chi connectivity index (χ1v) is 8.48. The van der Waals surface area contributed by atoms with Crippen LogP contribution in [0.5, 0.6) is 5.88 Å². The lowest BCUT2D eigenvalue weighted by molar-refractivity contribution is -0.122. The Bertz CT molecular complexity index is 582. The number of aromatic nitrogens is 2. The van der Waals surface area contributed by atoms with Crippen LogP contribution in [0, 0.1) is 0 Å². The highest BCUT2D eigenvalue weighted by atomic mass is 16.7. The summed E-state index contributed by atoms with van der Waals surface area (Å²) in [6.45, 7) is 10.0. The number of carbonyl (C=O) groups excluding carboxylic acids is 1. The minimum absolute atomic E-state index is 0.221. The van der Waals surface area contributed by atoms with Crippen molar-refractivity contribution in [2.24, 2.45) is 0 Å². The van der Waals surface area contributed by atoms with Crippen molar-refractivity contribution in [2.75, 3.05) is 31.2 Å². The van der Waals surface area contributed by atoms with Crippen LogP contribution < -0.4 is 9.64 Å². The molecule has 1 aromatic heterocycles. The third-order valence-corrected chi connectivity index (χ3v) is 3.12. The number of ether oxygens (including phenoxy) is 3. The first kappa shape index (κ1) is 21.6. The molecule has 1 fully saturated rings. The molecular weight excluding hydrogens is 342 g/mol. The molecule has 146 valence electrons. The highest BCUT2D eigenvalue weighted by Gasteiger charge is 2.20. The van der Waals surface area contributed by atoms with Crippen molar-refractivity contribution >= 4 is 18.4 Å².